The highest BCUT2D eigenvalue weighted by Gasteiger charge is 2.45. The first-order valence-electron chi connectivity index (χ1n) is 14.0. The van der Waals surface area contributed by atoms with Crippen LogP contribution >= 0.6 is 0 Å². The van der Waals surface area contributed by atoms with Gasteiger partial charge in [0.05, 0.1) is 64.0 Å². The lowest BCUT2D eigenvalue weighted by molar-refractivity contribution is -0.122. The fourth-order valence-corrected chi connectivity index (χ4v) is 6.07. The number of nitrogens with zero attached hydrogens (tertiary/aromatic N) is 3. The number of rotatable bonds is 0. The first kappa shape index (κ1) is 25.4. The van der Waals surface area contributed by atoms with Gasteiger partial charge in [0.25, 0.3) is 11.8 Å². The molecule has 0 aromatic carbocycles. The van der Waals surface area contributed by atoms with Gasteiger partial charge in [0.15, 0.2) is 0 Å². The number of imide groups is 1. The van der Waals surface area contributed by atoms with Crippen molar-refractivity contribution in [2.45, 2.75) is 25.4 Å². The first-order valence-corrected chi connectivity index (χ1v) is 14.0. The number of fused-ring (bicyclic) bond motifs is 14. The Morgan fingerprint density at radius 3 is 2.15 bits per heavy atom. The van der Waals surface area contributed by atoms with Crippen LogP contribution in [0, 0.1) is 5.92 Å². The number of hydrogen-bond donors (Lipinski definition) is 1. The van der Waals surface area contributed by atoms with Crippen LogP contribution in [0.1, 0.15) is 34.7 Å². The second-order valence-electron chi connectivity index (χ2n) is 10.5. The zero-order valence-corrected chi connectivity index (χ0v) is 22.3. The van der Waals surface area contributed by atoms with E-state index >= 15 is 0 Å². The summed E-state index contributed by atoms with van der Waals surface area (Å²) in [7, 11) is 0. The summed E-state index contributed by atoms with van der Waals surface area (Å²) in [5.74, 6) is 0.106. The van der Waals surface area contributed by atoms with Gasteiger partial charge in [-0.2, -0.15) is 0 Å². The minimum atomic E-state index is -0.380. The van der Waals surface area contributed by atoms with Crippen molar-refractivity contribution in [1.29, 1.82) is 0 Å². The van der Waals surface area contributed by atoms with Gasteiger partial charge in [-0.25, -0.2) is 4.98 Å². The van der Waals surface area contributed by atoms with Gasteiger partial charge in [-0.1, -0.05) is 6.08 Å². The van der Waals surface area contributed by atoms with Crippen LogP contribution in [0.5, 0.6) is 0 Å². The molecule has 4 aliphatic rings. The van der Waals surface area contributed by atoms with Crippen molar-refractivity contribution in [3.8, 4) is 0 Å². The highest BCUT2D eigenvalue weighted by atomic mass is 16.6. The van der Waals surface area contributed by atoms with Crippen LogP contribution in [-0.2, 0) is 41.6 Å². The molecule has 0 radical (unpaired) electrons. The van der Waals surface area contributed by atoms with E-state index in [2.05, 4.69) is 27.0 Å². The van der Waals surface area contributed by atoms with Gasteiger partial charge in [-0.05, 0) is 42.0 Å². The van der Waals surface area contributed by atoms with Crippen LogP contribution in [-0.4, -0.2) is 78.8 Å². The fraction of sp³-hybridized carbons (Fsp3) is 0.433. The molecular formula is C30H32N4O6. The summed E-state index contributed by atoms with van der Waals surface area (Å²) < 4.78 is 27.0. The number of aromatic nitrogens is 3. The molecule has 2 aliphatic heterocycles. The molecule has 1 fully saturated rings. The third kappa shape index (κ3) is 4.60. The van der Waals surface area contributed by atoms with Crippen molar-refractivity contribution >= 4 is 40.1 Å². The molecule has 0 spiro atoms. The van der Waals surface area contributed by atoms with E-state index < -0.39 is 0 Å². The lowest BCUT2D eigenvalue weighted by Crippen LogP contribution is -2.22. The topological polar surface area (TPSA) is 106 Å². The van der Waals surface area contributed by atoms with E-state index in [0.29, 0.717) is 94.5 Å². The zero-order valence-electron chi connectivity index (χ0n) is 22.3. The number of pyridine rings is 1. The molecule has 10 nitrogen and oxygen atoms in total. The van der Waals surface area contributed by atoms with E-state index in [1.807, 2.05) is 29.1 Å². The van der Waals surface area contributed by atoms with Crippen LogP contribution in [0.2, 0.25) is 0 Å². The molecule has 3 aromatic rings. The van der Waals surface area contributed by atoms with E-state index in [1.165, 1.54) is 0 Å². The SMILES string of the molecule is O=C1NC(=O)C2=C1c1cn(c3c1C1CC1C=C3)CCOCCOCCOCCOCCn1cc2c2cccnc21. The Kier molecular flexibility index (Phi) is 6.84. The summed E-state index contributed by atoms with van der Waals surface area (Å²) in [6.07, 6.45) is 11.2. The Morgan fingerprint density at radius 1 is 0.800 bits per heavy atom. The number of amides is 2. The maximum Gasteiger partial charge on any atom is 0.259 e. The highest BCUT2D eigenvalue weighted by Crippen LogP contribution is 2.56. The third-order valence-electron chi connectivity index (χ3n) is 8.05. The van der Waals surface area contributed by atoms with Crippen LogP contribution in [0.25, 0.3) is 28.3 Å². The van der Waals surface area contributed by atoms with Crippen molar-refractivity contribution in [2.75, 3.05) is 52.9 Å². The van der Waals surface area contributed by atoms with Crippen LogP contribution in [0.15, 0.2) is 36.8 Å². The van der Waals surface area contributed by atoms with Crippen LogP contribution in [0.3, 0.4) is 0 Å². The number of allylic oxidation sites excluding steroid dienone is 1. The van der Waals surface area contributed by atoms with E-state index in [1.54, 1.807) is 6.20 Å². The predicted octanol–water partition coefficient (Wildman–Crippen LogP) is 2.62. The molecular weight excluding hydrogens is 512 g/mol. The highest BCUT2D eigenvalue weighted by molar-refractivity contribution is 6.50. The minimum absolute atomic E-state index is 0.359. The van der Waals surface area contributed by atoms with Crippen molar-refractivity contribution in [2.24, 2.45) is 5.92 Å². The molecule has 2 atom stereocenters. The Balaban J connectivity index is 1.33. The van der Waals surface area contributed by atoms with Gasteiger partial charge in [-0.3, -0.25) is 14.9 Å². The maximum atomic E-state index is 13.4. The molecule has 0 saturated heterocycles. The van der Waals surface area contributed by atoms with Crippen LogP contribution in [0.4, 0.5) is 0 Å². The van der Waals surface area contributed by atoms with Gasteiger partial charge >= 0.3 is 0 Å². The van der Waals surface area contributed by atoms with Crippen LogP contribution < -0.4 is 5.32 Å². The third-order valence-corrected chi connectivity index (χ3v) is 8.05. The van der Waals surface area contributed by atoms with E-state index in [4.69, 9.17) is 18.9 Å². The molecule has 4 bridgehead atoms. The van der Waals surface area contributed by atoms with Gasteiger partial charge in [0, 0.05) is 53.9 Å². The average molecular weight is 545 g/mol. The van der Waals surface area contributed by atoms with E-state index in [9.17, 15) is 9.59 Å². The van der Waals surface area contributed by atoms with Gasteiger partial charge in [0.1, 0.15) is 5.65 Å². The van der Waals surface area contributed by atoms with Crippen molar-refractivity contribution in [3.63, 3.8) is 0 Å². The molecule has 1 N–H and O–H groups in total. The van der Waals surface area contributed by atoms with Crippen molar-refractivity contribution < 1.29 is 28.5 Å². The Hall–Kier alpha value is -3.57. The molecule has 208 valence electrons. The Labute approximate surface area is 231 Å². The second kappa shape index (κ2) is 10.8. The number of nitrogens with one attached hydrogen (secondary N) is 1. The average Bonchev–Trinajstić information content (AvgIpc) is 3.42. The normalized spacial score (nSPS) is 24.1. The van der Waals surface area contributed by atoms with Crippen molar-refractivity contribution in [3.05, 3.63) is 59.2 Å². The molecule has 40 heavy (non-hydrogen) atoms. The van der Waals surface area contributed by atoms with Gasteiger partial charge in [-0.15, -0.1) is 0 Å². The van der Waals surface area contributed by atoms with E-state index in [-0.39, 0.29) is 11.8 Å². The number of carbonyl (C=O) groups excluding carboxylic acids is 2. The quantitative estimate of drug-likeness (QED) is 0.434. The number of ether oxygens (including phenoxy) is 4. The first-order chi connectivity index (χ1) is 19.7. The molecule has 10 heteroatoms. The lowest BCUT2D eigenvalue weighted by atomic mass is 9.91. The summed E-state index contributed by atoms with van der Waals surface area (Å²) in [6.45, 7) is 5.10. The minimum Gasteiger partial charge on any atom is -0.377 e. The summed E-state index contributed by atoms with van der Waals surface area (Å²) in [5.41, 5.74) is 5.37. The van der Waals surface area contributed by atoms with E-state index in [0.717, 1.165) is 34.3 Å². The molecule has 7 rings (SSSR count). The molecule has 2 amide bonds. The zero-order chi connectivity index (χ0) is 27.1. The summed E-state index contributed by atoms with van der Waals surface area (Å²) >= 11 is 0. The number of hydrogen-bond acceptors (Lipinski definition) is 7. The maximum absolute atomic E-state index is 13.4. The monoisotopic (exact) mass is 544 g/mol. The van der Waals surface area contributed by atoms with Gasteiger partial charge < -0.3 is 28.1 Å². The largest absolute Gasteiger partial charge is 0.377 e. The summed E-state index contributed by atoms with van der Waals surface area (Å²) in [4.78, 5) is 31.4. The fourth-order valence-electron chi connectivity index (χ4n) is 6.07. The Morgan fingerprint density at radius 2 is 1.43 bits per heavy atom. The van der Waals surface area contributed by atoms with Crippen molar-refractivity contribution in [1.82, 2.24) is 19.4 Å². The molecule has 5 heterocycles. The second-order valence-corrected chi connectivity index (χ2v) is 10.5. The molecule has 2 unspecified atom stereocenters. The molecule has 2 aliphatic carbocycles. The van der Waals surface area contributed by atoms with Gasteiger partial charge in [0.2, 0.25) is 0 Å². The predicted molar refractivity (Wildman–Crippen MR) is 147 cm³/mol. The lowest BCUT2D eigenvalue weighted by Gasteiger charge is -2.12. The summed E-state index contributed by atoms with van der Waals surface area (Å²) in [6, 6.07) is 3.80. The smallest absolute Gasteiger partial charge is 0.259 e. The molecule has 1 saturated carbocycles. The summed E-state index contributed by atoms with van der Waals surface area (Å²) in [5, 5.41) is 3.41. The standard InChI is InChI=1S/C30H32N4O6/c35-29-26-22-17-34(28-20(22)2-1-5-31-28)7-9-38-11-13-40-15-14-39-12-10-37-8-6-33-18-23(27(26)30(36)32-29)25-21-16-19(21)3-4-24(25)33/h1-5,17-19,21H,6-16H2,(H,32,35,36). The molecule has 3 aromatic heterocycles. The Bertz CT molecular complexity index is 1530. The number of carbonyl (C=O) groups is 2.